The molecule has 1 heterocycles. The molecule has 4 heteroatoms. The zero-order chi connectivity index (χ0) is 12.3. The Labute approximate surface area is 106 Å². The molecule has 1 aliphatic heterocycles. The van der Waals surface area contributed by atoms with Crippen LogP contribution in [0.5, 0.6) is 0 Å². The van der Waals surface area contributed by atoms with Gasteiger partial charge in [-0.3, -0.25) is 4.79 Å². The number of methoxy groups -OCH3 is 1. The van der Waals surface area contributed by atoms with Crippen LogP contribution in [0.1, 0.15) is 18.4 Å². The van der Waals surface area contributed by atoms with Crippen LogP contribution >= 0.6 is 11.6 Å². The van der Waals surface area contributed by atoms with Crippen LogP contribution in [0.2, 0.25) is 5.02 Å². The Morgan fingerprint density at radius 2 is 2.29 bits per heavy atom. The van der Waals surface area contributed by atoms with Crippen LogP contribution < -0.4 is 5.32 Å². The van der Waals surface area contributed by atoms with Crippen molar-refractivity contribution in [2.75, 3.05) is 13.7 Å². The van der Waals surface area contributed by atoms with Crippen molar-refractivity contribution >= 4 is 17.6 Å². The molecule has 0 saturated carbocycles. The molecule has 1 saturated heterocycles. The Balaban J connectivity index is 2.25. The Kier molecular flexibility index (Phi) is 3.69. The lowest BCUT2D eigenvalue weighted by Gasteiger charge is -2.26. The van der Waals surface area contributed by atoms with E-state index in [1.54, 1.807) is 0 Å². The molecular formula is C13H16ClNO2. The molecule has 0 bridgehead atoms. The standard InChI is InChI=1S/C13H16ClNO2/c1-17-12(16)13(7-4-8-15-13)9-10-5-2-3-6-11(10)14/h2-3,5-6,15H,4,7-9H2,1H3. The molecule has 17 heavy (non-hydrogen) atoms. The predicted octanol–water partition coefficient (Wildman–Crippen LogP) is 2.18. The normalized spacial score (nSPS) is 23.6. The van der Waals surface area contributed by atoms with E-state index in [4.69, 9.17) is 16.3 Å². The summed E-state index contributed by atoms with van der Waals surface area (Å²) in [6, 6.07) is 7.61. The van der Waals surface area contributed by atoms with Crippen LogP contribution in [0.4, 0.5) is 0 Å². The van der Waals surface area contributed by atoms with Crippen molar-refractivity contribution in [2.45, 2.75) is 24.8 Å². The fourth-order valence-electron chi connectivity index (χ4n) is 2.37. The maximum absolute atomic E-state index is 11.9. The van der Waals surface area contributed by atoms with E-state index < -0.39 is 5.54 Å². The van der Waals surface area contributed by atoms with Gasteiger partial charge in [0, 0.05) is 11.4 Å². The molecule has 0 amide bonds. The monoisotopic (exact) mass is 253 g/mol. The van der Waals surface area contributed by atoms with Crippen LogP contribution in [0, 0.1) is 0 Å². The van der Waals surface area contributed by atoms with E-state index in [9.17, 15) is 4.79 Å². The molecule has 1 aromatic rings. The fourth-order valence-corrected chi connectivity index (χ4v) is 2.57. The summed E-state index contributed by atoms with van der Waals surface area (Å²) in [6.45, 7) is 0.847. The number of hydrogen-bond acceptors (Lipinski definition) is 3. The van der Waals surface area contributed by atoms with Crippen LogP contribution in [0.25, 0.3) is 0 Å². The van der Waals surface area contributed by atoms with Gasteiger partial charge < -0.3 is 10.1 Å². The van der Waals surface area contributed by atoms with Crippen LogP contribution in [-0.2, 0) is 16.0 Å². The fraction of sp³-hybridized carbons (Fsp3) is 0.462. The van der Waals surface area contributed by atoms with Gasteiger partial charge in [0.2, 0.25) is 0 Å². The number of halogens is 1. The highest BCUT2D eigenvalue weighted by atomic mass is 35.5. The quantitative estimate of drug-likeness (QED) is 0.840. The SMILES string of the molecule is COC(=O)C1(Cc2ccccc2Cl)CCCN1. The third-order valence-corrected chi connectivity index (χ3v) is 3.64. The number of carbonyl (C=O) groups is 1. The van der Waals surface area contributed by atoms with Gasteiger partial charge in [-0.25, -0.2) is 0 Å². The number of carbonyl (C=O) groups excluding carboxylic acids is 1. The van der Waals surface area contributed by atoms with E-state index in [-0.39, 0.29) is 5.97 Å². The minimum Gasteiger partial charge on any atom is -0.468 e. The second-order valence-corrected chi connectivity index (χ2v) is 4.78. The van der Waals surface area contributed by atoms with E-state index in [0.29, 0.717) is 11.4 Å². The molecule has 0 aromatic heterocycles. The topological polar surface area (TPSA) is 38.3 Å². The molecule has 2 rings (SSSR count). The molecule has 3 nitrogen and oxygen atoms in total. The molecule has 0 spiro atoms. The third-order valence-electron chi connectivity index (χ3n) is 3.27. The van der Waals surface area contributed by atoms with Gasteiger partial charge in [0.15, 0.2) is 0 Å². The van der Waals surface area contributed by atoms with Crippen molar-refractivity contribution < 1.29 is 9.53 Å². The van der Waals surface area contributed by atoms with Crippen molar-refractivity contribution in [3.63, 3.8) is 0 Å². The van der Waals surface area contributed by atoms with Gasteiger partial charge in [-0.1, -0.05) is 29.8 Å². The predicted molar refractivity (Wildman–Crippen MR) is 67.1 cm³/mol. The van der Waals surface area contributed by atoms with E-state index in [2.05, 4.69) is 5.32 Å². The minimum atomic E-state index is -0.597. The summed E-state index contributed by atoms with van der Waals surface area (Å²) >= 11 is 6.13. The van der Waals surface area contributed by atoms with Crippen LogP contribution in [0.3, 0.4) is 0 Å². The smallest absolute Gasteiger partial charge is 0.326 e. The minimum absolute atomic E-state index is 0.199. The number of esters is 1. The second-order valence-electron chi connectivity index (χ2n) is 4.37. The lowest BCUT2D eigenvalue weighted by Crippen LogP contribution is -2.50. The van der Waals surface area contributed by atoms with Crippen molar-refractivity contribution in [2.24, 2.45) is 0 Å². The number of hydrogen-bond donors (Lipinski definition) is 1. The van der Waals surface area contributed by atoms with E-state index in [1.807, 2.05) is 24.3 Å². The largest absolute Gasteiger partial charge is 0.468 e. The number of ether oxygens (including phenoxy) is 1. The maximum atomic E-state index is 11.9. The Morgan fingerprint density at radius 1 is 1.53 bits per heavy atom. The van der Waals surface area contributed by atoms with Gasteiger partial charge in [0.25, 0.3) is 0 Å². The summed E-state index contributed by atoms with van der Waals surface area (Å²) in [5.74, 6) is -0.199. The number of nitrogens with one attached hydrogen (secondary N) is 1. The lowest BCUT2D eigenvalue weighted by molar-refractivity contribution is -0.148. The highest BCUT2D eigenvalue weighted by Gasteiger charge is 2.42. The van der Waals surface area contributed by atoms with Crippen LogP contribution in [0.15, 0.2) is 24.3 Å². The number of rotatable bonds is 3. The summed E-state index contributed by atoms with van der Waals surface area (Å²) in [4.78, 5) is 11.9. The first-order valence-corrected chi connectivity index (χ1v) is 6.13. The van der Waals surface area contributed by atoms with E-state index >= 15 is 0 Å². The Morgan fingerprint density at radius 3 is 2.88 bits per heavy atom. The highest BCUT2D eigenvalue weighted by Crippen LogP contribution is 2.28. The zero-order valence-corrected chi connectivity index (χ0v) is 10.6. The molecule has 1 N–H and O–H groups in total. The molecule has 0 aliphatic carbocycles. The van der Waals surface area contributed by atoms with Gasteiger partial charge in [0.05, 0.1) is 7.11 Å². The average molecular weight is 254 g/mol. The van der Waals surface area contributed by atoms with Crippen molar-refractivity contribution in [1.82, 2.24) is 5.32 Å². The zero-order valence-electron chi connectivity index (χ0n) is 9.83. The molecular weight excluding hydrogens is 238 g/mol. The molecule has 1 aromatic carbocycles. The second kappa shape index (κ2) is 5.07. The Hall–Kier alpha value is -1.06. The summed E-state index contributed by atoms with van der Waals surface area (Å²) in [5, 5.41) is 3.96. The van der Waals surface area contributed by atoms with E-state index in [0.717, 1.165) is 24.9 Å². The maximum Gasteiger partial charge on any atom is 0.326 e. The summed E-state index contributed by atoms with van der Waals surface area (Å²) in [7, 11) is 1.43. The molecule has 92 valence electrons. The van der Waals surface area contributed by atoms with Gasteiger partial charge >= 0.3 is 5.97 Å². The molecule has 1 fully saturated rings. The van der Waals surface area contributed by atoms with Crippen molar-refractivity contribution in [3.8, 4) is 0 Å². The van der Waals surface area contributed by atoms with Gasteiger partial charge in [-0.05, 0) is 31.0 Å². The van der Waals surface area contributed by atoms with Gasteiger partial charge in [0.1, 0.15) is 5.54 Å². The van der Waals surface area contributed by atoms with Crippen molar-refractivity contribution in [1.29, 1.82) is 0 Å². The first kappa shape index (κ1) is 12.4. The summed E-state index contributed by atoms with van der Waals surface area (Å²) < 4.78 is 4.91. The van der Waals surface area contributed by atoms with E-state index in [1.165, 1.54) is 7.11 Å². The lowest BCUT2D eigenvalue weighted by atomic mass is 9.89. The van der Waals surface area contributed by atoms with Gasteiger partial charge in [-0.15, -0.1) is 0 Å². The first-order chi connectivity index (χ1) is 8.18. The molecule has 1 unspecified atom stereocenters. The number of benzene rings is 1. The summed E-state index contributed by atoms with van der Waals surface area (Å²) in [6.07, 6.45) is 2.36. The van der Waals surface area contributed by atoms with Crippen LogP contribution in [-0.4, -0.2) is 25.2 Å². The summed E-state index contributed by atoms with van der Waals surface area (Å²) in [5.41, 5.74) is 0.383. The average Bonchev–Trinajstić information content (AvgIpc) is 2.81. The molecule has 0 radical (unpaired) electrons. The van der Waals surface area contributed by atoms with Crippen molar-refractivity contribution in [3.05, 3.63) is 34.9 Å². The highest BCUT2D eigenvalue weighted by molar-refractivity contribution is 6.31. The third kappa shape index (κ3) is 2.45. The molecule has 1 atom stereocenters. The first-order valence-electron chi connectivity index (χ1n) is 5.75. The van der Waals surface area contributed by atoms with Gasteiger partial charge in [-0.2, -0.15) is 0 Å². The molecule has 1 aliphatic rings. The Bertz CT molecular complexity index is 414.